The number of aryl methyl sites for hydroxylation is 1. The van der Waals surface area contributed by atoms with Gasteiger partial charge in [-0.2, -0.15) is 0 Å². The number of halogens is 1. The second-order valence-corrected chi connectivity index (χ2v) is 6.72. The summed E-state index contributed by atoms with van der Waals surface area (Å²) in [6.07, 6.45) is 0.627. The fraction of sp³-hybridized carbons (Fsp3) is 0.312. The molecule has 24 heavy (non-hydrogen) atoms. The van der Waals surface area contributed by atoms with Crippen molar-refractivity contribution in [1.82, 2.24) is 15.6 Å². The average molecular weight is 367 g/mol. The molecule has 2 rings (SSSR count). The van der Waals surface area contributed by atoms with E-state index in [1.165, 1.54) is 11.3 Å². The van der Waals surface area contributed by atoms with E-state index in [0.717, 1.165) is 10.7 Å². The molecule has 0 saturated heterocycles. The number of carbonyl (C=O) groups excluding carboxylic acids is 2. The first-order valence-corrected chi connectivity index (χ1v) is 8.74. The second kappa shape index (κ2) is 8.65. The second-order valence-electron chi connectivity index (χ2n) is 5.03. The van der Waals surface area contributed by atoms with Crippen LogP contribution in [0.5, 0.6) is 0 Å². The number of nitrogens with one attached hydrogen (secondary N) is 3. The Balaban J connectivity index is 1.78. The summed E-state index contributed by atoms with van der Waals surface area (Å²) in [5.41, 5.74) is 1.99. The molecule has 0 radical (unpaired) electrons. The van der Waals surface area contributed by atoms with Crippen LogP contribution < -0.4 is 16.0 Å². The Morgan fingerprint density at radius 3 is 2.50 bits per heavy atom. The Kier molecular flexibility index (Phi) is 6.57. The van der Waals surface area contributed by atoms with Gasteiger partial charge in [0.1, 0.15) is 4.34 Å². The van der Waals surface area contributed by atoms with E-state index in [4.69, 9.17) is 11.6 Å². The highest BCUT2D eigenvalue weighted by atomic mass is 35.5. The lowest BCUT2D eigenvalue weighted by atomic mass is 10.2. The maximum atomic E-state index is 11.9. The summed E-state index contributed by atoms with van der Waals surface area (Å²) in [6, 6.07) is 6.41. The lowest BCUT2D eigenvalue weighted by molar-refractivity contribution is 0.0956. The van der Waals surface area contributed by atoms with E-state index < -0.39 is 0 Å². The maximum absolute atomic E-state index is 11.9. The van der Waals surface area contributed by atoms with Crippen molar-refractivity contribution in [2.75, 3.05) is 18.4 Å². The van der Waals surface area contributed by atoms with Crippen molar-refractivity contribution >= 4 is 40.6 Å². The fourth-order valence-electron chi connectivity index (χ4n) is 1.96. The maximum Gasteiger partial charge on any atom is 0.319 e. The quantitative estimate of drug-likeness (QED) is 0.734. The Morgan fingerprint density at radius 1 is 1.21 bits per heavy atom. The first-order valence-electron chi connectivity index (χ1n) is 7.54. The van der Waals surface area contributed by atoms with Crippen LogP contribution in [0.15, 0.2) is 24.3 Å². The predicted molar refractivity (Wildman–Crippen MR) is 97.0 cm³/mol. The van der Waals surface area contributed by atoms with Crippen molar-refractivity contribution in [3.63, 3.8) is 0 Å². The van der Waals surface area contributed by atoms with Crippen LogP contribution in [-0.2, 0) is 6.42 Å². The number of amides is 3. The zero-order chi connectivity index (χ0) is 17.5. The van der Waals surface area contributed by atoms with Crippen LogP contribution in [0.1, 0.15) is 28.0 Å². The zero-order valence-corrected chi connectivity index (χ0v) is 15.1. The molecule has 0 atom stereocenters. The highest BCUT2D eigenvalue weighted by molar-refractivity contribution is 7.16. The molecule has 0 spiro atoms. The van der Waals surface area contributed by atoms with Gasteiger partial charge in [-0.25, -0.2) is 9.78 Å². The minimum Gasteiger partial charge on any atom is -0.352 e. The van der Waals surface area contributed by atoms with Gasteiger partial charge in [0.25, 0.3) is 5.91 Å². The van der Waals surface area contributed by atoms with E-state index in [1.807, 2.05) is 13.8 Å². The minimum absolute atomic E-state index is 0.133. The van der Waals surface area contributed by atoms with E-state index in [-0.39, 0.29) is 11.9 Å². The smallest absolute Gasteiger partial charge is 0.319 e. The van der Waals surface area contributed by atoms with E-state index in [9.17, 15) is 9.59 Å². The van der Waals surface area contributed by atoms with Gasteiger partial charge in [-0.1, -0.05) is 11.6 Å². The number of anilines is 1. The molecule has 1 aromatic heterocycles. The van der Waals surface area contributed by atoms with Crippen LogP contribution in [0.25, 0.3) is 0 Å². The Hall–Kier alpha value is -2.12. The van der Waals surface area contributed by atoms with Gasteiger partial charge in [0.2, 0.25) is 0 Å². The SMILES string of the molecule is CCNC(=O)c1ccc(NC(=O)NCCc2nc(C)c(Cl)s2)cc1. The van der Waals surface area contributed by atoms with Crippen molar-refractivity contribution in [3.05, 3.63) is 44.9 Å². The van der Waals surface area contributed by atoms with Crippen LogP contribution in [-0.4, -0.2) is 30.0 Å². The van der Waals surface area contributed by atoms with Crippen molar-refractivity contribution < 1.29 is 9.59 Å². The third-order valence-corrected chi connectivity index (χ3v) is 4.66. The third kappa shape index (κ3) is 5.21. The number of rotatable bonds is 6. The number of hydrogen-bond acceptors (Lipinski definition) is 4. The average Bonchev–Trinajstić information content (AvgIpc) is 2.86. The summed E-state index contributed by atoms with van der Waals surface area (Å²) >= 11 is 7.38. The van der Waals surface area contributed by atoms with E-state index in [1.54, 1.807) is 24.3 Å². The largest absolute Gasteiger partial charge is 0.352 e. The minimum atomic E-state index is -0.305. The molecule has 2 aromatic rings. The van der Waals surface area contributed by atoms with Crippen LogP contribution in [0.2, 0.25) is 4.34 Å². The summed E-state index contributed by atoms with van der Waals surface area (Å²) in [5.74, 6) is -0.133. The van der Waals surface area contributed by atoms with Gasteiger partial charge < -0.3 is 16.0 Å². The lowest BCUT2D eigenvalue weighted by Gasteiger charge is -2.08. The molecule has 8 heteroatoms. The molecule has 1 heterocycles. The summed E-state index contributed by atoms with van der Waals surface area (Å²) in [5, 5.41) is 9.09. The molecule has 0 aliphatic rings. The Labute approximate surface area is 149 Å². The molecule has 0 aliphatic carbocycles. The lowest BCUT2D eigenvalue weighted by Crippen LogP contribution is -2.30. The number of nitrogens with zero attached hydrogens (tertiary/aromatic N) is 1. The molecular weight excluding hydrogens is 348 g/mol. The van der Waals surface area contributed by atoms with E-state index in [0.29, 0.717) is 35.1 Å². The molecule has 0 bridgehead atoms. The third-order valence-electron chi connectivity index (χ3n) is 3.15. The fourth-order valence-corrected chi connectivity index (χ4v) is 3.06. The summed E-state index contributed by atoms with van der Waals surface area (Å²) < 4.78 is 0.682. The van der Waals surface area contributed by atoms with Gasteiger partial charge in [0.15, 0.2) is 0 Å². The monoisotopic (exact) mass is 366 g/mol. The number of aromatic nitrogens is 1. The molecule has 6 nitrogen and oxygen atoms in total. The molecule has 1 aromatic carbocycles. The van der Waals surface area contributed by atoms with Gasteiger partial charge in [0, 0.05) is 30.8 Å². The van der Waals surface area contributed by atoms with Crippen molar-refractivity contribution in [2.45, 2.75) is 20.3 Å². The van der Waals surface area contributed by atoms with Crippen molar-refractivity contribution in [1.29, 1.82) is 0 Å². The number of carbonyl (C=O) groups is 2. The molecular formula is C16H19ClN4O2S. The van der Waals surface area contributed by atoms with Gasteiger partial charge in [-0.05, 0) is 38.1 Å². The number of urea groups is 1. The van der Waals surface area contributed by atoms with Gasteiger partial charge >= 0.3 is 6.03 Å². The normalized spacial score (nSPS) is 10.3. The Morgan fingerprint density at radius 2 is 1.92 bits per heavy atom. The van der Waals surface area contributed by atoms with Gasteiger partial charge in [-0.3, -0.25) is 4.79 Å². The van der Waals surface area contributed by atoms with Crippen LogP contribution in [0, 0.1) is 6.92 Å². The number of benzene rings is 1. The van der Waals surface area contributed by atoms with Crippen molar-refractivity contribution in [3.8, 4) is 0 Å². The molecule has 0 unspecified atom stereocenters. The highest BCUT2D eigenvalue weighted by Crippen LogP contribution is 2.23. The van der Waals surface area contributed by atoms with E-state index >= 15 is 0 Å². The molecule has 0 saturated carbocycles. The van der Waals surface area contributed by atoms with Gasteiger partial charge in [-0.15, -0.1) is 11.3 Å². The zero-order valence-electron chi connectivity index (χ0n) is 13.5. The standard InChI is InChI=1S/C16H19ClN4O2S/c1-3-18-15(22)11-4-6-12(7-5-11)21-16(23)19-9-8-13-20-10(2)14(17)24-13/h4-7H,3,8-9H2,1-2H3,(H,18,22)(H2,19,21,23). The highest BCUT2D eigenvalue weighted by Gasteiger charge is 2.07. The van der Waals surface area contributed by atoms with E-state index in [2.05, 4.69) is 20.9 Å². The van der Waals surface area contributed by atoms with Crippen LogP contribution in [0.4, 0.5) is 10.5 Å². The summed E-state index contributed by atoms with van der Waals surface area (Å²) in [6.45, 7) is 4.75. The Bertz CT molecular complexity index is 696. The topological polar surface area (TPSA) is 83.1 Å². The first kappa shape index (κ1) is 18.2. The van der Waals surface area contributed by atoms with Crippen molar-refractivity contribution in [2.24, 2.45) is 0 Å². The van der Waals surface area contributed by atoms with Crippen LogP contribution >= 0.6 is 22.9 Å². The molecule has 128 valence electrons. The van der Waals surface area contributed by atoms with Crippen LogP contribution in [0.3, 0.4) is 0 Å². The number of hydrogen-bond donors (Lipinski definition) is 3. The number of thiazole rings is 1. The van der Waals surface area contributed by atoms with Gasteiger partial charge in [0.05, 0.1) is 10.7 Å². The molecule has 0 aliphatic heterocycles. The molecule has 3 N–H and O–H groups in total. The predicted octanol–water partition coefficient (Wildman–Crippen LogP) is 3.22. The molecule has 0 fully saturated rings. The summed E-state index contributed by atoms with van der Waals surface area (Å²) in [4.78, 5) is 27.8. The summed E-state index contributed by atoms with van der Waals surface area (Å²) in [7, 11) is 0. The first-order chi connectivity index (χ1) is 11.5. The molecule has 3 amide bonds.